The minimum Gasteiger partial charge on any atom is -0.313 e. The molecule has 1 rings (SSSR count). The average Bonchev–Trinajstić information content (AvgIpc) is 2.33. The minimum atomic E-state index is -0.382. The first kappa shape index (κ1) is 15.7. The van der Waals surface area contributed by atoms with Gasteiger partial charge < -0.3 is 5.32 Å². The first-order chi connectivity index (χ1) is 8.95. The van der Waals surface area contributed by atoms with Gasteiger partial charge in [0.1, 0.15) is 0 Å². The van der Waals surface area contributed by atoms with Gasteiger partial charge in [0.2, 0.25) is 0 Å². The fraction of sp³-hybridized carbons (Fsp3) is 0.429. The van der Waals surface area contributed by atoms with Crippen LogP contribution < -0.4 is 5.32 Å². The lowest BCUT2D eigenvalue weighted by atomic mass is 9.99. The van der Waals surface area contributed by atoms with Crippen molar-refractivity contribution in [1.82, 2.24) is 5.32 Å². The molecule has 0 aliphatic heterocycles. The Morgan fingerprint density at radius 3 is 2.74 bits per heavy atom. The SMILES string of the molecule is CCNC/C(=C/c1cc(Cl)ccc1[N+](=O)[O-])C(C)C. The zero-order valence-corrected chi connectivity index (χ0v) is 12.2. The molecule has 0 bridgehead atoms. The van der Waals surface area contributed by atoms with Crippen LogP contribution in [0.1, 0.15) is 26.3 Å². The van der Waals surface area contributed by atoms with Crippen molar-refractivity contribution in [3.05, 3.63) is 44.5 Å². The van der Waals surface area contributed by atoms with E-state index in [1.807, 2.05) is 13.0 Å². The van der Waals surface area contributed by atoms with Crippen LogP contribution in [-0.2, 0) is 0 Å². The first-order valence-electron chi connectivity index (χ1n) is 6.30. The van der Waals surface area contributed by atoms with Crippen molar-refractivity contribution >= 4 is 23.4 Å². The van der Waals surface area contributed by atoms with Crippen LogP contribution in [0.5, 0.6) is 0 Å². The van der Waals surface area contributed by atoms with E-state index in [2.05, 4.69) is 19.2 Å². The third-order valence-electron chi connectivity index (χ3n) is 2.85. The Bertz CT molecular complexity index is 484. The number of halogens is 1. The molecule has 0 aliphatic rings. The second-order valence-corrected chi connectivity index (χ2v) is 5.05. The molecule has 0 atom stereocenters. The van der Waals surface area contributed by atoms with Crippen molar-refractivity contribution in [1.29, 1.82) is 0 Å². The first-order valence-corrected chi connectivity index (χ1v) is 6.68. The Labute approximate surface area is 118 Å². The van der Waals surface area contributed by atoms with E-state index in [4.69, 9.17) is 11.6 Å². The monoisotopic (exact) mass is 282 g/mol. The van der Waals surface area contributed by atoms with Crippen LogP contribution in [0.3, 0.4) is 0 Å². The smallest absolute Gasteiger partial charge is 0.276 e. The van der Waals surface area contributed by atoms with E-state index in [1.165, 1.54) is 12.1 Å². The number of nitro benzene ring substituents is 1. The Morgan fingerprint density at radius 2 is 2.21 bits per heavy atom. The molecular weight excluding hydrogens is 264 g/mol. The number of hydrogen-bond acceptors (Lipinski definition) is 3. The third-order valence-corrected chi connectivity index (χ3v) is 3.08. The van der Waals surface area contributed by atoms with Gasteiger partial charge in [-0.05, 0) is 30.7 Å². The summed E-state index contributed by atoms with van der Waals surface area (Å²) in [6, 6.07) is 4.61. The summed E-state index contributed by atoms with van der Waals surface area (Å²) in [6.07, 6.45) is 1.86. The molecule has 0 aliphatic carbocycles. The van der Waals surface area contributed by atoms with Crippen LogP contribution in [0.2, 0.25) is 5.02 Å². The van der Waals surface area contributed by atoms with Crippen molar-refractivity contribution < 1.29 is 4.92 Å². The minimum absolute atomic E-state index is 0.0825. The van der Waals surface area contributed by atoms with Crippen molar-refractivity contribution in [3.63, 3.8) is 0 Å². The molecule has 0 saturated carbocycles. The summed E-state index contributed by atoms with van der Waals surface area (Å²) < 4.78 is 0. The van der Waals surface area contributed by atoms with Gasteiger partial charge in [0.15, 0.2) is 0 Å². The lowest BCUT2D eigenvalue weighted by Gasteiger charge is -2.12. The third kappa shape index (κ3) is 4.65. The molecule has 0 amide bonds. The fourth-order valence-electron chi connectivity index (χ4n) is 1.70. The van der Waals surface area contributed by atoms with Gasteiger partial charge in [-0.1, -0.05) is 37.9 Å². The molecule has 1 N–H and O–H groups in total. The molecule has 0 aromatic heterocycles. The summed E-state index contributed by atoms with van der Waals surface area (Å²) in [5.74, 6) is 0.317. The number of nitro groups is 1. The number of nitrogens with one attached hydrogen (secondary N) is 1. The van der Waals surface area contributed by atoms with Crippen LogP contribution in [0.15, 0.2) is 23.8 Å². The highest BCUT2D eigenvalue weighted by Crippen LogP contribution is 2.26. The van der Waals surface area contributed by atoms with Crippen LogP contribution in [0, 0.1) is 16.0 Å². The van der Waals surface area contributed by atoms with Crippen molar-refractivity contribution in [2.45, 2.75) is 20.8 Å². The van der Waals surface area contributed by atoms with Crippen LogP contribution in [-0.4, -0.2) is 18.0 Å². The Kier molecular flexibility index (Phi) is 5.99. The van der Waals surface area contributed by atoms with Gasteiger partial charge in [-0.25, -0.2) is 0 Å². The normalized spacial score (nSPS) is 11.9. The van der Waals surface area contributed by atoms with E-state index in [-0.39, 0.29) is 10.6 Å². The number of hydrogen-bond donors (Lipinski definition) is 1. The molecule has 0 radical (unpaired) electrons. The predicted octanol–water partition coefficient (Wildman–Crippen LogP) is 3.90. The quantitative estimate of drug-likeness (QED) is 0.636. The summed E-state index contributed by atoms with van der Waals surface area (Å²) >= 11 is 5.92. The van der Waals surface area contributed by atoms with Gasteiger partial charge in [-0.3, -0.25) is 10.1 Å². The molecule has 1 aromatic carbocycles. The number of benzene rings is 1. The van der Waals surface area contributed by atoms with Gasteiger partial charge in [0.05, 0.1) is 10.5 Å². The average molecular weight is 283 g/mol. The van der Waals surface area contributed by atoms with Crippen LogP contribution in [0.4, 0.5) is 5.69 Å². The molecule has 1 aromatic rings. The standard InChI is InChI=1S/C14H19ClN2O2/c1-4-16-9-12(10(2)3)7-11-8-13(15)5-6-14(11)17(18)19/h5-8,10,16H,4,9H2,1-3H3/b12-7-. The molecule has 0 spiro atoms. The summed E-state index contributed by atoms with van der Waals surface area (Å²) in [7, 11) is 0. The van der Waals surface area contributed by atoms with Crippen LogP contribution >= 0.6 is 11.6 Å². The Morgan fingerprint density at radius 1 is 1.53 bits per heavy atom. The lowest BCUT2D eigenvalue weighted by molar-refractivity contribution is -0.385. The molecular formula is C14H19ClN2O2. The van der Waals surface area contributed by atoms with Gasteiger partial charge in [-0.2, -0.15) is 0 Å². The number of likely N-dealkylation sites (N-methyl/N-ethyl adjacent to an activating group) is 1. The lowest BCUT2D eigenvalue weighted by Crippen LogP contribution is -2.18. The molecule has 0 unspecified atom stereocenters. The van der Waals surface area contributed by atoms with Gasteiger partial charge in [0, 0.05) is 17.6 Å². The topological polar surface area (TPSA) is 55.2 Å². The van der Waals surface area contributed by atoms with E-state index >= 15 is 0 Å². The predicted molar refractivity (Wildman–Crippen MR) is 79.5 cm³/mol. The van der Waals surface area contributed by atoms with E-state index in [1.54, 1.807) is 6.07 Å². The second-order valence-electron chi connectivity index (χ2n) is 4.61. The second kappa shape index (κ2) is 7.26. The zero-order chi connectivity index (χ0) is 14.4. The summed E-state index contributed by atoms with van der Waals surface area (Å²) in [5.41, 5.74) is 1.75. The Balaban J connectivity index is 3.18. The van der Waals surface area contributed by atoms with E-state index in [0.717, 1.165) is 18.7 Å². The largest absolute Gasteiger partial charge is 0.313 e. The molecule has 4 nitrogen and oxygen atoms in total. The van der Waals surface area contributed by atoms with Gasteiger partial charge in [0.25, 0.3) is 5.69 Å². The molecule has 104 valence electrons. The van der Waals surface area contributed by atoms with Gasteiger partial charge in [-0.15, -0.1) is 0 Å². The van der Waals surface area contributed by atoms with Gasteiger partial charge >= 0.3 is 0 Å². The van der Waals surface area contributed by atoms with E-state index < -0.39 is 0 Å². The molecule has 5 heteroatoms. The fourth-order valence-corrected chi connectivity index (χ4v) is 1.88. The van der Waals surface area contributed by atoms with Crippen LogP contribution in [0.25, 0.3) is 6.08 Å². The number of nitrogens with zero attached hydrogens (tertiary/aromatic N) is 1. The van der Waals surface area contributed by atoms with Crippen molar-refractivity contribution in [3.8, 4) is 0 Å². The highest BCUT2D eigenvalue weighted by Gasteiger charge is 2.13. The summed E-state index contributed by atoms with van der Waals surface area (Å²) in [5, 5.41) is 14.8. The van der Waals surface area contributed by atoms with E-state index in [0.29, 0.717) is 16.5 Å². The molecule has 0 saturated heterocycles. The molecule has 19 heavy (non-hydrogen) atoms. The van der Waals surface area contributed by atoms with E-state index in [9.17, 15) is 10.1 Å². The maximum atomic E-state index is 11.0. The van der Waals surface area contributed by atoms with Crippen molar-refractivity contribution in [2.24, 2.45) is 5.92 Å². The molecule has 0 fully saturated rings. The Hall–Kier alpha value is -1.39. The summed E-state index contributed by atoms with van der Waals surface area (Å²) in [6.45, 7) is 7.75. The van der Waals surface area contributed by atoms with Crippen molar-refractivity contribution in [2.75, 3.05) is 13.1 Å². The highest BCUT2D eigenvalue weighted by molar-refractivity contribution is 6.30. The number of rotatable bonds is 6. The summed E-state index contributed by atoms with van der Waals surface area (Å²) in [4.78, 5) is 10.6. The maximum absolute atomic E-state index is 11.0. The maximum Gasteiger partial charge on any atom is 0.276 e. The zero-order valence-electron chi connectivity index (χ0n) is 11.4. The highest BCUT2D eigenvalue weighted by atomic mass is 35.5. The molecule has 0 heterocycles.